The summed E-state index contributed by atoms with van der Waals surface area (Å²) >= 11 is 0. The van der Waals surface area contributed by atoms with Gasteiger partial charge in [-0.25, -0.2) is 0 Å². The fourth-order valence-electron chi connectivity index (χ4n) is 3.03. The molecule has 2 unspecified atom stereocenters. The molecule has 1 aliphatic heterocycles. The Balaban J connectivity index is 1.68. The van der Waals surface area contributed by atoms with Crippen molar-refractivity contribution in [2.24, 2.45) is 0 Å². The largest absolute Gasteiger partial charge is 0.416 e. The third-order valence-corrected chi connectivity index (χ3v) is 4.32. The van der Waals surface area contributed by atoms with E-state index in [2.05, 4.69) is 10.6 Å². The monoisotopic (exact) mass is 298 g/mol. The number of hydrogen-bond acceptors (Lipinski definition) is 2. The number of rotatable bonds is 2. The van der Waals surface area contributed by atoms with Gasteiger partial charge in [-0.2, -0.15) is 13.2 Å². The maximum absolute atomic E-state index is 12.5. The molecule has 1 amide bonds. The second-order valence-corrected chi connectivity index (χ2v) is 5.80. The first-order chi connectivity index (χ1) is 9.91. The van der Waals surface area contributed by atoms with Crippen LogP contribution in [0.25, 0.3) is 0 Å². The van der Waals surface area contributed by atoms with Gasteiger partial charge in [-0.15, -0.1) is 0 Å². The predicted molar refractivity (Wildman–Crippen MR) is 71.6 cm³/mol. The highest BCUT2D eigenvalue weighted by Crippen LogP contribution is 2.37. The lowest BCUT2D eigenvalue weighted by atomic mass is 10.1. The van der Waals surface area contributed by atoms with E-state index in [0.29, 0.717) is 6.04 Å². The van der Waals surface area contributed by atoms with Gasteiger partial charge in [-0.3, -0.25) is 10.1 Å². The van der Waals surface area contributed by atoms with E-state index in [1.54, 1.807) is 0 Å². The molecular formula is C15H17F3N2O. The lowest BCUT2D eigenvalue weighted by molar-refractivity contribution is -0.137. The van der Waals surface area contributed by atoms with Crippen molar-refractivity contribution >= 4 is 5.91 Å². The number of halogens is 3. The number of alkyl halides is 3. The minimum atomic E-state index is -4.38. The first kappa shape index (κ1) is 14.4. The van der Waals surface area contributed by atoms with Crippen molar-refractivity contribution < 1.29 is 18.0 Å². The van der Waals surface area contributed by atoms with E-state index >= 15 is 0 Å². The second kappa shape index (κ2) is 5.02. The zero-order valence-electron chi connectivity index (χ0n) is 11.5. The zero-order valence-corrected chi connectivity index (χ0v) is 11.5. The van der Waals surface area contributed by atoms with Crippen LogP contribution in [-0.2, 0) is 6.18 Å². The molecule has 114 valence electrons. The van der Waals surface area contributed by atoms with Crippen molar-refractivity contribution in [3.05, 3.63) is 35.4 Å². The maximum atomic E-state index is 12.5. The fraction of sp³-hybridized carbons (Fsp3) is 0.533. The Morgan fingerprint density at radius 3 is 2.57 bits per heavy atom. The summed E-state index contributed by atoms with van der Waals surface area (Å²) in [6.07, 6.45) is 0.901. The van der Waals surface area contributed by atoms with E-state index in [1.165, 1.54) is 12.1 Å². The standard InChI is InChI=1S/C15H17F3N2O/c16-15(17,18)11-7-5-10(6-8-11)13(21)20-14-9-3-1-2-4-12(14)19-14/h5-8,12,19H,1-4,9H2,(H,20,21). The maximum Gasteiger partial charge on any atom is 0.416 e. The summed E-state index contributed by atoms with van der Waals surface area (Å²) < 4.78 is 37.5. The molecule has 0 radical (unpaired) electrons. The molecule has 0 aromatic heterocycles. The van der Waals surface area contributed by atoms with Crippen LogP contribution in [0.2, 0.25) is 0 Å². The lowest BCUT2D eigenvalue weighted by Crippen LogP contribution is -2.41. The van der Waals surface area contributed by atoms with Crippen LogP contribution in [0.5, 0.6) is 0 Å². The summed E-state index contributed by atoms with van der Waals surface area (Å²) in [5.74, 6) is -0.319. The van der Waals surface area contributed by atoms with Crippen molar-refractivity contribution in [2.45, 2.75) is 50.0 Å². The van der Waals surface area contributed by atoms with Gasteiger partial charge < -0.3 is 5.32 Å². The third-order valence-electron chi connectivity index (χ3n) is 4.32. The van der Waals surface area contributed by atoms with E-state index < -0.39 is 11.7 Å². The van der Waals surface area contributed by atoms with Crippen molar-refractivity contribution in [3.63, 3.8) is 0 Å². The molecule has 6 heteroatoms. The normalized spacial score (nSPS) is 28.4. The summed E-state index contributed by atoms with van der Waals surface area (Å²) in [7, 11) is 0. The molecular weight excluding hydrogens is 281 g/mol. The average Bonchev–Trinajstić information content (AvgIpc) is 3.11. The molecule has 2 aliphatic rings. The minimum Gasteiger partial charge on any atom is -0.332 e. The molecule has 3 rings (SSSR count). The molecule has 2 N–H and O–H groups in total. The number of nitrogens with one attached hydrogen (secondary N) is 2. The van der Waals surface area contributed by atoms with Crippen LogP contribution in [0.3, 0.4) is 0 Å². The number of hydrogen-bond donors (Lipinski definition) is 2. The fourth-order valence-corrected chi connectivity index (χ4v) is 3.03. The first-order valence-electron chi connectivity index (χ1n) is 7.18. The second-order valence-electron chi connectivity index (χ2n) is 5.80. The van der Waals surface area contributed by atoms with Crippen molar-refractivity contribution in [3.8, 4) is 0 Å². The molecule has 1 saturated carbocycles. The summed E-state index contributed by atoms with van der Waals surface area (Å²) in [5, 5.41) is 6.26. The van der Waals surface area contributed by atoms with E-state index in [-0.39, 0.29) is 17.1 Å². The van der Waals surface area contributed by atoms with Gasteiger partial charge in [-0.1, -0.05) is 12.8 Å². The van der Waals surface area contributed by atoms with Gasteiger partial charge in [0.2, 0.25) is 0 Å². The molecule has 1 aromatic carbocycles. The molecule has 1 aliphatic carbocycles. The summed E-state index contributed by atoms with van der Waals surface area (Å²) in [6, 6.07) is 4.64. The quantitative estimate of drug-likeness (QED) is 0.824. The van der Waals surface area contributed by atoms with Gasteiger partial charge in [0.15, 0.2) is 0 Å². The highest BCUT2D eigenvalue weighted by atomic mass is 19.4. The molecule has 1 aromatic rings. The van der Waals surface area contributed by atoms with Gasteiger partial charge in [-0.05, 0) is 43.5 Å². The van der Waals surface area contributed by atoms with Crippen LogP contribution in [0, 0.1) is 0 Å². The van der Waals surface area contributed by atoms with E-state index in [1.807, 2.05) is 0 Å². The van der Waals surface area contributed by atoms with Crippen molar-refractivity contribution in [1.82, 2.24) is 10.6 Å². The van der Waals surface area contributed by atoms with Gasteiger partial charge in [0, 0.05) is 11.6 Å². The molecule has 2 atom stereocenters. The number of amides is 1. The Hall–Kier alpha value is -1.56. The number of carbonyl (C=O) groups excluding carboxylic acids is 1. The lowest BCUT2D eigenvalue weighted by Gasteiger charge is -2.16. The predicted octanol–water partition coefficient (Wildman–Crippen LogP) is 3.07. The Labute approximate surface area is 120 Å². The van der Waals surface area contributed by atoms with E-state index in [4.69, 9.17) is 0 Å². The molecule has 2 fully saturated rings. The van der Waals surface area contributed by atoms with E-state index in [0.717, 1.165) is 44.2 Å². The molecule has 1 saturated heterocycles. The summed E-state index contributed by atoms with van der Waals surface area (Å²) in [6.45, 7) is 0. The average molecular weight is 298 g/mol. The van der Waals surface area contributed by atoms with Crippen LogP contribution in [0.15, 0.2) is 24.3 Å². The number of carbonyl (C=O) groups is 1. The molecule has 1 heterocycles. The van der Waals surface area contributed by atoms with Crippen molar-refractivity contribution in [1.29, 1.82) is 0 Å². The molecule has 21 heavy (non-hydrogen) atoms. The Morgan fingerprint density at radius 1 is 1.19 bits per heavy atom. The Kier molecular flexibility index (Phi) is 3.43. The topological polar surface area (TPSA) is 51.0 Å². The first-order valence-corrected chi connectivity index (χ1v) is 7.18. The Morgan fingerprint density at radius 2 is 1.90 bits per heavy atom. The number of benzene rings is 1. The van der Waals surface area contributed by atoms with E-state index in [9.17, 15) is 18.0 Å². The van der Waals surface area contributed by atoms with Crippen LogP contribution in [-0.4, -0.2) is 17.6 Å². The van der Waals surface area contributed by atoms with Crippen LogP contribution >= 0.6 is 0 Å². The summed E-state index contributed by atoms with van der Waals surface area (Å²) in [5.41, 5.74) is -0.820. The zero-order chi connectivity index (χ0) is 15.1. The van der Waals surface area contributed by atoms with Gasteiger partial charge in [0.05, 0.1) is 5.56 Å². The van der Waals surface area contributed by atoms with Crippen LogP contribution < -0.4 is 10.6 Å². The number of fused-ring (bicyclic) bond motifs is 1. The van der Waals surface area contributed by atoms with Crippen LogP contribution in [0.1, 0.15) is 48.0 Å². The SMILES string of the molecule is O=C(NC12CCCCCC1N2)c1ccc(C(F)(F)F)cc1. The molecule has 0 spiro atoms. The Bertz CT molecular complexity index is 541. The highest BCUT2D eigenvalue weighted by molar-refractivity contribution is 5.95. The minimum absolute atomic E-state index is 0.258. The summed E-state index contributed by atoms with van der Waals surface area (Å²) in [4.78, 5) is 12.2. The highest BCUT2D eigenvalue weighted by Gasteiger charge is 2.54. The van der Waals surface area contributed by atoms with Gasteiger partial charge >= 0.3 is 6.18 Å². The van der Waals surface area contributed by atoms with Crippen LogP contribution in [0.4, 0.5) is 13.2 Å². The van der Waals surface area contributed by atoms with Gasteiger partial charge in [0.25, 0.3) is 5.91 Å². The molecule has 0 bridgehead atoms. The van der Waals surface area contributed by atoms with Crippen molar-refractivity contribution in [2.75, 3.05) is 0 Å². The van der Waals surface area contributed by atoms with Gasteiger partial charge in [0.1, 0.15) is 5.66 Å². The molecule has 3 nitrogen and oxygen atoms in total. The smallest absolute Gasteiger partial charge is 0.332 e. The third kappa shape index (κ3) is 2.90.